The number of nitrogens with zero attached hydrogens (tertiary/aromatic N) is 1. The van der Waals surface area contributed by atoms with Crippen LogP contribution in [0.5, 0.6) is 5.75 Å². The molecule has 40 heavy (non-hydrogen) atoms. The van der Waals surface area contributed by atoms with Crippen molar-refractivity contribution in [2.24, 2.45) is 11.8 Å². The number of carbonyl (C=O) groups is 2. The summed E-state index contributed by atoms with van der Waals surface area (Å²) in [6, 6.07) is 25.0. The van der Waals surface area contributed by atoms with Gasteiger partial charge in [0.25, 0.3) is 0 Å². The summed E-state index contributed by atoms with van der Waals surface area (Å²) in [7, 11) is -0.574. The van der Waals surface area contributed by atoms with Gasteiger partial charge < -0.3 is 19.8 Å². The molecule has 8 heteroatoms. The predicted octanol–water partition coefficient (Wildman–Crippen LogP) is 5.89. The topological polar surface area (TPSA) is 95.9 Å². The molecule has 0 fully saturated rings. The van der Waals surface area contributed by atoms with Crippen molar-refractivity contribution in [1.29, 1.82) is 0 Å². The molecular weight excluding hydrogens is 523 g/mol. The zero-order chi connectivity index (χ0) is 29.1. The maximum Gasteiger partial charge on any atom is 0.230 e. The zero-order valence-corrected chi connectivity index (χ0v) is 24.8. The third kappa shape index (κ3) is 9.65. The Morgan fingerprint density at radius 1 is 0.925 bits per heavy atom. The van der Waals surface area contributed by atoms with Crippen LogP contribution in [-0.4, -0.2) is 43.6 Å². The molecule has 0 radical (unpaired) electrons. The summed E-state index contributed by atoms with van der Waals surface area (Å²) >= 11 is 0. The highest BCUT2D eigenvalue weighted by atomic mass is 31.2. The molecular formula is C32H41N2O5P. The molecule has 2 N–H and O–H groups in total. The van der Waals surface area contributed by atoms with Crippen molar-refractivity contribution in [3.05, 3.63) is 95.6 Å². The van der Waals surface area contributed by atoms with E-state index in [0.717, 1.165) is 17.5 Å². The van der Waals surface area contributed by atoms with Crippen molar-refractivity contribution in [2.75, 3.05) is 31.8 Å². The Kier molecular flexibility index (Phi) is 11.5. The van der Waals surface area contributed by atoms with Gasteiger partial charge in [-0.1, -0.05) is 68.4 Å². The summed E-state index contributed by atoms with van der Waals surface area (Å²) in [6.07, 6.45) is 1.25. The van der Waals surface area contributed by atoms with Gasteiger partial charge >= 0.3 is 0 Å². The molecule has 2 amide bonds. The molecule has 0 aliphatic heterocycles. The Morgan fingerprint density at radius 2 is 1.52 bits per heavy atom. The summed E-state index contributed by atoms with van der Waals surface area (Å²) in [4.78, 5) is 38.6. The molecule has 7 nitrogen and oxygen atoms in total. The van der Waals surface area contributed by atoms with Gasteiger partial charge in [0.2, 0.25) is 19.2 Å². The summed E-state index contributed by atoms with van der Waals surface area (Å²) in [5.41, 5.74) is 3.72. The molecule has 0 aliphatic rings. The van der Waals surface area contributed by atoms with Gasteiger partial charge in [-0.05, 0) is 59.7 Å². The van der Waals surface area contributed by atoms with E-state index in [1.807, 2.05) is 56.3 Å². The van der Waals surface area contributed by atoms with E-state index in [4.69, 9.17) is 4.74 Å². The molecule has 0 saturated carbocycles. The number of benzene rings is 3. The lowest BCUT2D eigenvalue weighted by atomic mass is 9.97. The highest BCUT2D eigenvalue weighted by molar-refractivity contribution is 7.57. The van der Waals surface area contributed by atoms with Crippen LogP contribution in [0, 0.1) is 11.8 Å². The minimum atomic E-state index is -3.70. The number of ether oxygens (including phenoxy) is 1. The van der Waals surface area contributed by atoms with Gasteiger partial charge in [-0.2, -0.15) is 0 Å². The fourth-order valence-electron chi connectivity index (χ4n) is 4.80. The summed E-state index contributed by atoms with van der Waals surface area (Å²) in [6.45, 7) is 4.16. The molecule has 0 spiro atoms. The Morgan fingerprint density at radius 3 is 2.10 bits per heavy atom. The highest BCUT2D eigenvalue weighted by Gasteiger charge is 2.33. The lowest BCUT2D eigenvalue weighted by Gasteiger charge is -2.29. The number of rotatable bonds is 14. The maximum absolute atomic E-state index is 13.9. The van der Waals surface area contributed by atoms with Crippen molar-refractivity contribution in [2.45, 2.75) is 39.3 Å². The molecule has 2 unspecified atom stereocenters. The molecule has 3 aromatic carbocycles. The zero-order valence-electron chi connectivity index (χ0n) is 23.9. The van der Waals surface area contributed by atoms with Crippen LogP contribution in [0.25, 0.3) is 0 Å². The van der Waals surface area contributed by atoms with Gasteiger partial charge in [-0.15, -0.1) is 0 Å². The van der Waals surface area contributed by atoms with E-state index in [9.17, 15) is 19.0 Å². The first-order valence-corrected chi connectivity index (χ1v) is 15.7. The number of nitrogens with one attached hydrogen (secondary N) is 1. The Labute approximate surface area is 238 Å². The van der Waals surface area contributed by atoms with E-state index in [0.29, 0.717) is 17.9 Å². The second kappa shape index (κ2) is 14.8. The first-order valence-electron chi connectivity index (χ1n) is 13.7. The number of methoxy groups -OCH3 is 1. The van der Waals surface area contributed by atoms with Crippen LogP contribution in [-0.2, 0) is 26.7 Å². The molecule has 0 aromatic heterocycles. The monoisotopic (exact) mass is 564 g/mol. The van der Waals surface area contributed by atoms with Crippen molar-refractivity contribution >= 4 is 24.9 Å². The van der Waals surface area contributed by atoms with Crippen LogP contribution in [0.15, 0.2) is 78.9 Å². The summed E-state index contributed by atoms with van der Waals surface area (Å²) in [5, 5.41) is 2.59. The van der Waals surface area contributed by atoms with Crippen molar-refractivity contribution < 1.29 is 23.8 Å². The van der Waals surface area contributed by atoms with E-state index < -0.39 is 13.3 Å². The van der Waals surface area contributed by atoms with Crippen molar-refractivity contribution in [3.63, 3.8) is 0 Å². The van der Waals surface area contributed by atoms with E-state index >= 15 is 0 Å². The average Bonchev–Trinajstić information content (AvgIpc) is 2.94. The van der Waals surface area contributed by atoms with Crippen molar-refractivity contribution in [1.82, 2.24) is 5.32 Å². The molecule has 0 bridgehead atoms. The van der Waals surface area contributed by atoms with Crippen LogP contribution >= 0.6 is 7.37 Å². The number of carbonyl (C=O) groups excluding carboxylic acids is 2. The average molecular weight is 565 g/mol. The number of hydrogen-bond acceptors (Lipinski definition) is 4. The van der Waals surface area contributed by atoms with E-state index in [2.05, 4.69) is 17.4 Å². The van der Waals surface area contributed by atoms with E-state index in [1.54, 1.807) is 43.3 Å². The molecule has 0 heterocycles. The standard InChI is InChI=1S/C32H41N2O5P/c1-24(2)20-28(32(36)34(19-18-31(35)33-3)29-14-16-30(39-4)17-15-29)23-40(37,38)22-27-12-10-26(11-13-27)21-25-8-6-5-7-9-25/h5-17,24,28H,18-23H2,1-4H3,(H,33,35)(H,37,38). The fraction of sp³-hybridized carbons (Fsp3) is 0.375. The third-order valence-electron chi connectivity index (χ3n) is 6.81. The number of amides is 2. The van der Waals surface area contributed by atoms with Gasteiger partial charge in [0.1, 0.15) is 5.75 Å². The van der Waals surface area contributed by atoms with Crippen LogP contribution < -0.4 is 15.0 Å². The quantitative estimate of drug-likeness (QED) is 0.238. The molecule has 3 rings (SSSR count). The Balaban J connectivity index is 1.77. The number of hydrogen-bond donors (Lipinski definition) is 2. The first-order chi connectivity index (χ1) is 19.1. The Bertz CT molecular complexity index is 1280. The lowest BCUT2D eigenvalue weighted by Crippen LogP contribution is -2.40. The maximum atomic E-state index is 13.9. The third-order valence-corrected chi connectivity index (χ3v) is 8.68. The largest absolute Gasteiger partial charge is 0.497 e. The molecule has 0 saturated heterocycles. The minimum absolute atomic E-state index is 0.00126. The van der Waals surface area contributed by atoms with Gasteiger partial charge in [-0.3, -0.25) is 14.2 Å². The second-order valence-corrected chi connectivity index (χ2v) is 13.0. The SMILES string of the molecule is CNC(=O)CCN(C(=O)C(CC(C)C)CP(=O)(O)Cc1ccc(Cc2ccccc2)cc1)c1ccc(OC)cc1. The Hall–Kier alpha value is -3.41. The van der Waals surface area contributed by atoms with Crippen LogP contribution in [0.1, 0.15) is 43.4 Å². The van der Waals surface area contributed by atoms with E-state index in [-0.39, 0.29) is 43.0 Å². The van der Waals surface area contributed by atoms with Crippen LogP contribution in [0.2, 0.25) is 0 Å². The van der Waals surface area contributed by atoms with Crippen molar-refractivity contribution in [3.8, 4) is 5.75 Å². The second-order valence-electron chi connectivity index (χ2n) is 10.6. The van der Waals surface area contributed by atoms with Gasteiger partial charge in [0.05, 0.1) is 7.11 Å². The van der Waals surface area contributed by atoms with Gasteiger partial charge in [0, 0.05) is 43.9 Å². The minimum Gasteiger partial charge on any atom is -0.497 e. The van der Waals surface area contributed by atoms with Gasteiger partial charge in [-0.25, -0.2) is 0 Å². The highest BCUT2D eigenvalue weighted by Crippen LogP contribution is 2.47. The molecule has 214 valence electrons. The van der Waals surface area contributed by atoms with Crippen LogP contribution in [0.4, 0.5) is 5.69 Å². The first kappa shape index (κ1) is 31.1. The van der Waals surface area contributed by atoms with E-state index in [1.165, 1.54) is 5.56 Å². The normalized spacial score (nSPS) is 13.3. The number of anilines is 1. The summed E-state index contributed by atoms with van der Waals surface area (Å²) in [5.74, 6) is -0.316. The molecule has 2 atom stereocenters. The lowest BCUT2D eigenvalue weighted by molar-refractivity contribution is -0.122. The fourth-order valence-corrected chi connectivity index (χ4v) is 6.70. The predicted molar refractivity (Wildman–Crippen MR) is 161 cm³/mol. The van der Waals surface area contributed by atoms with Gasteiger partial charge in [0.15, 0.2) is 0 Å². The van der Waals surface area contributed by atoms with Crippen LogP contribution in [0.3, 0.4) is 0 Å². The molecule has 0 aliphatic carbocycles. The summed E-state index contributed by atoms with van der Waals surface area (Å²) < 4.78 is 18.8. The smallest absolute Gasteiger partial charge is 0.230 e. The molecule has 3 aromatic rings.